The lowest BCUT2D eigenvalue weighted by Crippen LogP contribution is -2.38. The van der Waals surface area contributed by atoms with Crippen molar-refractivity contribution in [3.05, 3.63) is 0 Å². The molecule has 0 spiro atoms. The van der Waals surface area contributed by atoms with Gasteiger partial charge in [-0.3, -0.25) is 9.59 Å². The third kappa shape index (κ3) is 33.8. The number of esters is 2. The predicted octanol–water partition coefficient (Wildman–Crippen LogP) is 13.8. The predicted molar refractivity (Wildman–Crippen MR) is 210 cm³/mol. The zero-order chi connectivity index (χ0) is 35.9. The Balaban J connectivity index is 3.92. The molecule has 0 aliphatic rings. The third-order valence-corrected chi connectivity index (χ3v) is 10.4. The van der Waals surface area contributed by atoms with E-state index in [9.17, 15) is 14.7 Å². The summed E-state index contributed by atoms with van der Waals surface area (Å²) in [7, 11) is 0. The van der Waals surface area contributed by atoms with Crippen molar-refractivity contribution in [1.82, 2.24) is 0 Å². The first-order valence-electron chi connectivity index (χ1n) is 22.0. The number of aliphatic hydroxyl groups is 1. The lowest BCUT2D eigenvalue weighted by Gasteiger charge is -2.30. The number of rotatable bonds is 40. The molecule has 1 N–H and O–H groups in total. The highest BCUT2D eigenvalue weighted by Crippen LogP contribution is 2.27. The number of ether oxygens (including phenoxy) is 2. The van der Waals surface area contributed by atoms with Gasteiger partial charge in [0, 0.05) is 12.8 Å². The van der Waals surface area contributed by atoms with E-state index in [-0.39, 0.29) is 31.8 Å². The van der Waals surface area contributed by atoms with Crippen molar-refractivity contribution in [3.8, 4) is 0 Å². The summed E-state index contributed by atoms with van der Waals surface area (Å²) in [6.45, 7) is 6.74. The molecule has 0 fully saturated rings. The van der Waals surface area contributed by atoms with Gasteiger partial charge in [-0.25, -0.2) is 0 Å². The van der Waals surface area contributed by atoms with E-state index in [2.05, 4.69) is 20.8 Å². The van der Waals surface area contributed by atoms with E-state index in [1.54, 1.807) is 0 Å². The van der Waals surface area contributed by atoms with E-state index in [0.29, 0.717) is 19.3 Å². The summed E-state index contributed by atoms with van der Waals surface area (Å²) in [4.78, 5) is 25.0. The third-order valence-electron chi connectivity index (χ3n) is 10.4. The molecule has 0 heterocycles. The molecule has 0 unspecified atom stereocenters. The summed E-state index contributed by atoms with van der Waals surface area (Å²) in [5.41, 5.74) is -0.703. The minimum absolute atomic E-state index is 0.118. The lowest BCUT2D eigenvalue weighted by molar-refractivity contribution is -0.157. The van der Waals surface area contributed by atoms with Crippen LogP contribution in [0.3, 0.4) is 0 Å². The highest BCUT2D eigenvalue weighted by molar-refractivity contribution is 5.69. The maximum Gasteiger partial charge on any atom is 0.305 e. The first-order valence-corrected chi connectivity index (χ1v) is 22.0. The number of hydrogen-bond donors (Lipinski definition) is 1. The Morgan fingerprint density at radius 1 is 0.388 bits per heavy atom. The van der Waals surface area contributed by atoms with E-state index < -0.39 is 5.41 Å². The molecule has 0 radical (unpaired) electrons. The van der Waals surface area contributed by atoms with Crippen molar-refractivity contribution in [3.63, 3.8) is 0 Å². The Morgan fingerprint density at radius 3 is 0.878 bits per heavy atom. The summed E-state index contributed by atoms with van der Waals surface area (Å²) < 4.78 is 11.3. The molecule has 0 aromatic rings. The summed E-state index contributed by atoms with van der Waals surface area (Å²) in [5, 5.41) is 10.3. The van der Waals surface area contributed by atoms with Crippen LogP contribution >= 0.6 is 0 Å². The summed E-state index contributed by atoms with van der Waals surface area (Å²) in [6, 6.07) is 0. The Kier molecular flexibility index (Phi) is 37.3. The molecule has 0 atom stereocenters. The van der Waals surface area contributed by atoms with Crippen LogP contribution < -0.4 is 0 Å². The van der Waals surface area contributed by atoms with E-state index in [4.69, 9.17) is 9.47 Å². The molecule has 5 nitrogen and oxygen atoms in total. The largest absolute Gasteiger partial charge is 0.465 e. The molecule has 0 amide bonds. The van der Waals surface area contributed by atoms with E-state index in [1.165, 1.54) is 167 Å². The summed E-state index contributed by atoms with van der Waals surface area (Å²) >= 11 is 0. The number of aliphatic hydroxyl groups excluding tert-OH is 1. The molecule has 0 aromatic carbocycles. The molecule has 0 rings (SSSR count). The second-order valence-corrected chi connectivity index (χ2v) is 15.5. The normalized spacial score (nSPS) is 11.7. The van der Waals surface area contributed by atoms with Crippen LogP contribution in [-0.4, -0.2) is 36.9 Å². The van der Waals surface area contributed by atoms with Crippen LogP contribution in [0.1, 0.15) is 245 Å². The van der Waals surface area contributed by atoms with Gasteiger partial charge in [0.15, 0.2) is 0 Å². The van der Waals surface area contributed by atoms with Crippen LogP contribution in [0.15, 0.2) is 0 Å². The van der Waals surface area contributed by atoms with Gasteiger partial charge in [0.2, 0.25) is 0 Å². The number of unbranched alkanes of at least 4 members (excludes halogenated alkanes) is 29. The van der Waals surface area contributed by atoms with Crippen LogP contribution in [0.4, 0.5) is 0 Å². The molecular weight excluding hydrogens is 608 g/mol. The Bertz CT molecular complexity index is 643. The van der Waals surface area contributed by atoms with Gasteiger partial charge in [0.25, 0.3) is 0 Å². The maximum atomic E-state index is 12.5. The minimum atomic E-state index is -0.703. The molecule has 0 saturated carbocycles. The van der Waals surface area contributed by atoms with Crippen molar-refractivity contribution in [2.45, 2.75) is 245 Å². The number of carbonyl (C=O) groups excluding carboxylic acids is 2. The number of carbonyl (C=O) groups is 2. The standard InChI is InChI=1S/C44H86O5/c1-4-7-10-12-14-16-18-20-22-24-26-28-30-32-34-36-42(46)48-40-44(39-45,38-9-6-3)41-49-43(47)37-35-33-31-29-27-25-23-21-19-17-15-13-11-8-5-2/h45H,4-41H2,1-3H3. The minimum Gasteiger partial charge on any atom is -0.465 e. The van der Waals surface area contributed by atoms with Crippen LogP contribution in [0.25, 0.3) is 0 Å². The average molecular weight is 695 g/mol. The summed E-state index contributed by atoms with van der Waals surface area (Å²) in [5.74, 6) is -0.402. The smallest absolute Gasteiger partial charge is 0.305 e. The number of hydrogen-bond acceptors (Lipinski definition) is 5. The molecule has 0 aliphatic carbocycles. The quantitative estimate of drug-likeness (QED) is 0.0510. The van der Waals surface area contributed by atoms with Crippen LogP contribution in [0, 0.1) is 5.41 Å². The SMILES string of the molecule is CCCCCCCCCCCCCCCCCC(=O)OCC(CO)(CCCC)COC(=O)CCCCCCCCCCCCCCCCC. The van der Waals surface area contributed by atoms with Gasteiger partial charge in [-0.15, -0.1) is 0 Å². The molecule has 49 heavy (non-hydrogen) atoms. The van der Waals surface area contributed by atoms with E-state index in [1.807, 2.05) is 0 Å². The zero-order valence-electron chi connectivity index (χ0n) is 33.5. The second kappa shape index (κ2) is 38.1. The van der Waals surface area contributed by atoms with Gasteiger partial charge in [-0.05, 0) is 19.3 Å². The first kappa shape index (κ1) is 47.9. The van der Waals surface area contributed by atoms with Crippen LogP contribution in [-0.2, 0) is 19.1 Å². The van der Waals surface area contributed by atoms with Crippen molar-refractivity contribution < 1.29 is 24.2 Å². The fourth-order valence-electron chi connectivity index (χ4n) is 6.80. The van der Waals surface area contributed by atoms with Gasteiger partial charge in [0.05, 0.1) is 12.0 Å². The fourth-order valence-corrected chi connectivity index (χ4v) is 6.80. The van der Waals surface area contributed by atoms with Gasteiger partial charge in [-0.2, -0.15) is 0 Å². The fraction of sp³-hybridized carbons (Fsp3) is 0.955. The molecule has 0 aliphatic heterocycles. The monoisotopic (exact) mass is 695 g/mol. The van der Waals surface area contributed by atoms with Gasteiger partial charge in [-0.1, -0.05) is 213 Å². The van der Waals surface area contributed by atoms with Crippen molar-refractivity contribution in [2.24, 2.45) is 5.41 Å². The second-order valence-electron chi connectivity index (χ2n) is 15.5. The highest BCUT2D eigenvalue weighted by Gasteiger charge is 2.32. The van der Waals surface area contributed by atoms with Gasteiger partial charge in [0.1, 0.15) is 13.2 Å². The Morgan fingerprint density at radius 2 is 0.633 bits per heavy atom. The summed E-state index contributed by atoms with van der Waals surface area (Å²) in [6.07, 6.45) is 42.4. The Labute approximate surface area is 306 Å². The van der Waals surface area contributed by atoms with Crippen LogP contribution in [0.5, 0.6) is 0 Å². The molecule has 5 heteroatoms. The first-order chi connectivity index (χ1) is 24.0. The highest BCUT2D eigenvalue weighted by atomic mass is 16.5. The van der Waals surface area contributed by atoms with Gasteiger partial charge >= 0.3 is 11.9 Å². The Hall–Kier alpha value is -1.10. The van der Waals surface area contributed by atoms with Crippen molar-refractivity contribution >= 4 is 11.9 Å². The zero-order valence-corrected chi connectivity index (χ0v) is 33.5. The maximum absolute atomic E-state index is 12.5. The van der Waals surface area contributed by atoms with Crippen molar-refractivity contribution in [2.75, 3.05) is 19.8 Å². The molecule has 0 saturated heterocycles. The van der Waals surface area contributed by atoms with Crippen molar-refractivity contribution in [1.29, 1.82) is 0 Å². The van der Waals surface area contributed by atoms with E-state index >= 15 is 0 Å². The molecular formula is C44H86O5. The van der Waals surface area contributed by atoms with Gasteiger partial charge < -0.3 is 14.6 Å². The van der Waals surface area contributed by atoms with Crippen LogP contribution in [0.2, 0.25) is 0 Å². The average Bonchev–Trinajstić information content (AvgIpc) is 3.11. The van der Waals surface area contributed by atoms with E-state index in [0.717, 1.165) is 38.5 Å². The molecule has 0 bridgehead atoms. The molecule has 0 aromatic heterocycles. The lowest BCUT2D eigenvalue weighted by atomic mass is 9.85. The topological polar surface area (TPSA) is 72.8 Å². The molecule has 292 valence electrons.